The number of rotatable bonds is 7. The molecule has 1 N–H and O–H groups in total. The van der Waals surface area contributed by atoms with Crippen molar-refractivity contribution in [2.45, 2.75) is 65.1 Å². The zero-order chi connectivity index (χ0) is 11.0. The molecule has 84 valence electrons. The van der Waals surface area contributed by atoms with E-state index in [0.717, 1.165) is 12.8 Å². The van der Waals surface area contributed by atoms with Crippen LogP contribution in [0.25, 0.3) is 0 Å². The molecular formula is C11H22O3. The lowest BCUT2D eigenvalue weighted by Gasteiger charge is -2.13. The summed E-state index contributed by atoms with van der Waals surface area (Å²) in [5.41, 5.74) is 0. The fraction of sp³-hybridized carbons (Fsp3) is 0.909. The molecule has 0 heterocycles. The monoisotopic (exact) mass is 202 g/mol. The maximum Gasteiger partial charge on any atom is 0.334 e. The van der Waals surface area contributed by atoms with Crippen LogP contribution in [0.5, 0.6) is 0 Å². The lowest BCUT2D eigenvalue weighted by molar-refractivity contribution is -0.157. The summed E-state index contributed by atoms with van der Waals surface area (Å²) in [6.07, 6.45) is 4.52. The van der Waals surface area contributed by atoms with Crippen molar-refractivity contribution in [1.29, 1.82) is 0 Å². The minimum absolute atomic E-state index is 0.0750. The quantitative estimate of drug-likeness (QED) is 0.509. The molecule has 0 aromatic carbocycles. The molecule has 0 spiro atoms. The Labute approximate surface area is 86.5 Å². The first-order valence-corrected chi connectivity index (χ1v) is 5.46. The molecule has 0 fully saturated rings. The van der Waals surface area contributed by atoms with Crippen molar-refractivity contribution in [3.8, 4) is 0 Å². The number of hydrogen-bond donors (Lipinski definition) is 1. The Bertz CT molecular complexity index is 155. The second-order valence-electron chi connectivity index (χ2n) is 3.77. The number of carbonyl (C=O) groups is 1. The van der Waals surface area contributed by atoms with Gasteiger partial charge in [0.2, 0.25) is 0 Å². The summed E-state index contributed by atoms with van der Waals surface area (Å²) in [7, 11) is 0. The fourth-order valence-corrected chi connectivity index (χ4v) is 1.21. The Morgan fingerprint density at radius 1 is 1.29 bits per heavy atom. The molecular weight excluding hydrogens is 180 g/mol. The molecule has 0 saturated carbocycles. The van der Waals surface area contributed by atoms with Gasteiger partial charge in [-0.25, -0.2) is 4.79 Å². The summed E-state index contributed by atoms with van der Waals surface area (Å²) in [4.78, 5) is 11.0. The third kappa shape index (κ3) is 6.89. The average molecular weight is 202 g/mol. The van der Waals surface area contributed by atoms with Gasteiger partial charge in [-0.2, -0.15) is 0 Å². The standard InChI is InChI=1S/C11H22O3/c1-4-5-6-7-8-9(2)14-11(13)10(3)12/h9-10,12H,4-8H2,1-3H3. The van der Waals surface area contributed by atoms with E-state index in [4.69, 9.17) is 9.84 Å². The average Bonchev–Trinajstić information content (AvgIpc) is 2.12. The zero-order valence-electron chi connectivity index (χ0n) is 9.45. The van der Waals surface area contributed by atoms with Gasteiger partial charge in [-0.1, -0.05) is 26.2 Å². The normalized spacial score (nSPS) is 14.9. The van der Waals surface area contributed by atoms with Crippen molar-refractivity contribution in [2.24, 2.45) is 0 Å². The summed E-state index contributed by atoms with van der Waals surface area (Å²) >= 11 is 0. The van der Waals surface area contributed by atoms with Crippen LogP contribution >= 0.6 is 0 Å². The molecule has 0 amide bonds. The second kappa shape index (κ2) is 7.80. The molecule has 0 aliphatic heterocycles. The maximum atomic E-state index is 11.0. The van der Waals surface area contributed by atoms with Gasteiger partial charge in [0.1, 0.15) is 6.10 Å². The minimum atomic E-state index is -1.01. The third-order valence-corrected chi connectivity index (χ3v) is 2.12. The first-order valence-electron chi connectivity index (χ1n) is 5.46. The van der Waals surface area contributed by atoms with Gasteiger partial charge in [-0.15, -0.1) is 0 Å². The molecule has 0 radical (unpaired) electrons. The summed E-state index contributed by atoms with van der Waals surface area (Å²) in [6.45, 7) is 5.45. The van der Waals surface area contributed by atoms with Crippen molar-refractivity contribution < 1.29 is 14.6 Å². The van der Waals surface area contributed by atoms with Crippen LogP contribution in [0, 0.1) is 0 Å². The summed E-state index contributed by atoms with van der Waals surface area (Å²) in [6, 6.07) is 0. The highest BCUT2D eigenvalue weighted by Crippen LogP contribution is 2.08. The van der Waals surface area contributed by atoms with Crippen LogP contribution in [0.4, 0.5) is 0 Å². The SMILES string of the molecule is CCCCCCC(C)OC(=O)C(C)O. The van der Waals surface area contributed by atoms with E-state index >= 15 is 0 Å². The summed E-state index contributed by atoms with van der Waals surface area (Å²) in [5.74, 6) is -0.520. The van der Waals surface area contributed by atoms with Crippen molar-refractivity contribution in [1.82, 2.24) is 0 Å². The Hall–Kier alpha value is -0.570. The maximum absolute atomic E-state index is 11.0. The minimum Gasteiger partial charge on any atom is -0.461 e. The van der Waals surface area contributed by atoms with Crippen molar-refractivity contribution in [2.75, 3.05) is 0 Å². The first kappa shape index (κ1) is 13.4. The highest BCUT2D eigenvalue weighted by atomic mass is 16.6. The number of carbonyl (C=O) groups excluding carboxylic acids is 1. The predicted octanol–water partition coefficient (Wildman–Crippen LogP) is 2.27. The van der Waals surface area contributed by atoms with Crippen LogP contribution in [0.2, 0.25) is 0 Å². The number of ether oxygens (including phenoxy) is 1. The van der Waals surface area contributed by atoms with E-state index in [9.17, 15) is 4.79 Å². The van der Waals surface area contributed by atoms with Crippen molar-refractivity contribution >= 4 is 5.97 Å². The summed E-state index contributed by atoms with van der Waals surface area (Å²) < 4.78 is 5.00. The van der Waals surface area contributed by atoms with Crippen LogP contribution in [0.3, 0.4) is 0 Å². The number of esters is 1. The lowest BCUT2D eigenvalue weighted by Crippen LogP contribution is -2.24. The second-order valence-corrected chi connectivity index (χ2v) is 3.77. The molecule has 3 heteroatoms. The molecule has 0 aliphatic carbocycles. The molecule has 0 bridgehead atoms. The Morgan fingerprint density at radius 3 is 2.43 bits per heavy atom. The van der Waals surface area contributed by atoms with Crippen LogP contribution in [0.15, 0.2) is 0 Å². The smallest absolute Gasteiger partial charge is 0.334 e. The number of hydrogen-bond acceptors (Lipinski definition) is 3. The van der Waals surface area contributed by atoms with Gasteiger partial charge in [-0.05, 0) is 26.7 Å². The molecule has 0 aromatic rings. The van der Waals surface area contributed by atoms with E-state index in [2.05, 4.69) is 6.92 Å². The Morgan fingerprint density at radius 2 is 1.93 bits per heavy atom. The van der Waals surface area contributed by atoms with E-state index in [-0.39, 0.29) is 6.10 Å². The van der Waals surface area contributed by atoms with Crippen molar-refractivity contribution in [3.63, 3.8) is 0 Å². The van der Waals surface area contributed by atoms with E-state index in [1.165, 1.54) is 26.2 Å². The molecule has 2 unspecified atom stereocenters. The fourth-order valence-electron chi connectivity index (χ4n) is 1.21. The highest BCUT2D eigenvalue weighted by Gasteiger charge is 2.13. The predicted molar refractivity (Wildman–Crippen MR) is 56.0 cm³/mol. The van der Waals surface area contributed by atoms with Crippen LogP contribution < -0.4 is 0 Å². The third-order valence-electron chi connectivity index (χ3n) is 2.12. The number of unbranched alkanes of at least 4 members (excludes halogenated alkanes) is 3. The van der Waals surface area contributed by atoms with Crippen molar-refractivity contribution in [3.05, 3.63) is 0 Å². The largest absolute Gasteiger partial charge is 0.461 e. The Balaban J connectivity index is 3.45. The molecule has 0 aromatic heterocycles. The van der Waals surface area contributed by atoms with Gasteiger partial charge < -0.3 is 9.84 Å². The van der Waals surface area contributed by atoms with Gasteiger partial charge in [0.05, 0.1) is 6.10 Å². The van der Waals surface area contributed by atoms with Crippen LogP contribution in [-0.2, 0) is 9.53 Å². The molecule has 14 heavy (non-hydrogen) atoms. The van der Waals surface area contributed by atoms with E-state index in [1.807, 2.05) is 6.92 Å². The molecule has 0 saturated heterocycles. The van der Waals surface area contributed by atoms with Gasteiger partial charge in [0, 0.05) is 0 Å². The van der Waals surface area contributed by atoms with Gasteiger partial charge in [0.15, 0.2) is 0 Å². The van der Waals surface area contributed by atoms with Crippen LogP contribution in [-0.4, -0.2) is 23.3 Å². The van der Waals surface area contributed by atoms with E-state index < -0.39 is 12.1 Å². The first-order chi connectivity index (χ1) is 6.57. The highest BCUT2D eigenvalue weighted by molar-refractivity contribution is 5.73. The Kier molecular flexibility index (Phi) is 7.48. The molecule has 0 rings (SSSR count). The number of aliphatic hydroxyl groups excluding tert-OH is 1. The van der Waals surface area contributed by atoms with Crippen LogP contribution in [0.1, 0.15) is 52.9 Å². The van der Waals surface area contributed by atoms with Gasteiger partial charge in [0.25, 0.3) is 0 Å². The van der Waals surface area contributed by atoms with Gasteiger partial charge >= 0.3 is 5.97 Å². The lowest BCUT2D eigenvalue weighted by atomic mass is 10.1. The zero-order valence-corrected chi connectivity index (χ0v) is 9.45. The molecule has 0 aliphatic rings. The molecule has 3 nitrogen and oxygen atoms in total. The number of aliphatic hydroxyl groups is 1. The van der Waals surface area contributed by atoms with E-state index in [1.54, 1.807) is 0 Å². The topological polar surface area (TPSA) is 46.5 Å². The summed E-state index contributed by atoms with van der Waals surface area (Å²) in [5, 5.41) is 8.90. The molecule has 2 atom stereocenters. The van der Waals surface area contributed by atoms with Gasteiger partial charge in [-0.3, -0.25) is 0 Å². The van der Waals surface area contributed by atoms with E-state index in [0.29, 0.717) is 0 Å².